The zero-order valence-corrected chi connectivity index (χ0v) is 13.8. The number of benzene rings is 1. The molecule has 2 rings (SSSR count). The van der Waals surface area contributed by atoms with Crippen LogP contribution >= 0.6 is 0 Å². The molecule has 1 heterocycles. The van der Waals surface area contributed by atoms with Crippen LogP contribution in [-0.2, 0) is 9.59 Å². The van der Waals surface area contributed by atoms with Crippen molar-refractivity contribution in [1.29, 1.82) is 0 Å². The molecule has 6 nitrogen and oxygen atoms in total. The SMILES string of the molecule is Cc1c(NC(=O)C2CCCN2C(=O)C(C)C)cccc1C(N)=O. The van der Waals surface area contributed by atoms with E-state index in [9.17, 15) is 14.4 Å². The first-order valence-corrected chi connectivity index (χ1v) is 7.83. The molecule has 0 aliphatic carbocycles. The number of primary amides is 1. The Bertz CT molecular complexity index is 640. The van der Waals surface area contributed by atoms with E-state index >= 15 is 0 Å². The fourth-order valence-electron chi connectivity index (χ4n) is 2.89. The number of hydrogen-bond acceptors (Lipinski definition) is 3. The summed E-state index contributed by atoms with van der Waals surface area (Å²) >= 11 is 0. The van der Waals surface area contributed by atoms with Crippen LogP contribution in [0, 0.1) is 12.8 Å². The lowest BCUT2D eigenvalue weighted by molar-refractivity contribution is -0.139. The van der Waals surface area contributed by atoms with E-state index in [4.69, 9.17) is 5.73 Å². The van der Waals surface area contributed by atoms with Gasteiger partial charge in [-0.3, -0.25) is 14.4 Å². The quantitative estimate of drug-likeness (QED) is 0.885. The summed E-state index contributed by atoms with van der Waals surface area (Å²) in [5.41, 5.74) is 6.89. The summed E-state index contributed by atoms with van der Waals surface area (Å²) in [5, 5.41) is 2.83. The van der Waals surface area contributed by atoms with Gasteiger partial charge in [-0.2, -0.15) is 0 Å². The number of likely N-dealkylation sites (tertiary alicyclic amines) is 1. The van der Waals surface area contributed by atoms with Crippen molar-refractivity contribution in [2.75, 3.05) is 11.9 Å². The predicted octanol–water partition coefficient (Wildman–Crippen LogP) is 1.68. The van der Waals surface area contributed by atoms with Gasteiger partial charge in [-0.25, -0.2) is 0 Å². The maximum atomic E-state index is 12.6. The molecule has 0 aromatic heterocycles. The number of nitrogens with zero attached hydrogens (tertiary/aromatic N) is 1. The maximum Gasteiger partial charge on any atom is 0.249 e. The monoisotopic (exact) mass is 317 g/mol. The Morgan fingerprint density at radius 1 is 1.30 bits per heavy atom. The lowest BCUT2D eigenvalue weighted by Crippen LogP contribution is -2.44. The molecule has 0 saturated carbocycles. The average Bonchev–Trinajstić information content (AvgIpc) is 2.97. The molecule has 1 aromatic carbocycles. The van der Waals surface area contributed by atoms with Crippen LogP contribution in [0.4, 0.5) is 5.69 Å². The summed E-state index contributed by atoms with van der Waals surface area (Å²) in [7, 11) is 0. The lowest BCUT2D eigenvalue weighted by Gasteiger charge is -2.26. The molecule has 3 amide bonds. The van der Waals surface area contributed by atoms with Crippen molar-refractivity contribution in [1.82, 2.24) is 4.90 Å². The number of nitrogens with one attached hydrogen (secondary N) is 1. The van der Waals surface area contributed by atoms with Crippen molar-refractivity contribution in [3.8, 4) is 0 Å². The molecular formula is C17H23N3O3. The Morgan fingerprint density at radius 3 is 2.61 bits per heavy atom. The Kier molecular flexibility index (Phi) is 5.03. The molecule has 0 bridgehead atoms. The van der Waals surface area contributed by atoms with Crippen LogP contribution < -0.4 is 11.1 Å². The summed E-state index contributed by atoms with van der Waals surface area (Å²) in [4.78, 5) is 37.8. The van der Waals surface area contributed by atoms with Gasteiger partial charge < -0.3 is 16.0 Å². The number of hydrogen-bond donors (Lipinski definition) is 2. The molecule has 0 spiro atoms. The number of rotatable bonds is 4. The first kappa shape index (κ1) is 17.0. The van der Waals surface area contributed by atoms with E-state index in [0.717, 1.165) is 6.42 Å². The van der Waals surface area contributed by atoms with E-state index in [1.54, 1.807) is 30.0 Å². The van der Waals surface area contributed by atoms with Crippen LogP contribution in [0.2, 0.25) is 0 Å². The van der Waals surface area contributed by atoms with Gasteiger partial charge >= 0.3 is 0 Å². The van der Waals surface area contributed by atoms with Crippen molar-refractivity contribution < 1.29 is 14.4 Å². The van der Waals surface area contributed by atoms with Crippen LogP contribution in [0.1, 0.15) is 42.6 Å². The molecule has 1 saturated heterocycles. The predicted molar refractivity (Wildman–Crippen MR) is 87.9 cm³/mol. The smallest absolute Gasteiger partial charge is 0.249 e. The Balaban J connectivity index is 2.17. The number of anilines is 1. The average molecular weight is 317 g/mol. The highest BCUT2D eigenvalue weighted by Crippen LogP contribution is 2.23. The molecule has 1 aliphatic rings. The second-order valence-corrected chi connectivity index (χ2v) is 6.18. The molecule has 3 N–H and O–H groups in total. The van der Waals surface area contributed by atoms with E-state index in [1.807, 2.05) is 13.8 Å². The van der Waals surface area contributed by atoms with Gasteiger partial charge in [-0.15, -0.1) is 0 Å². The van der Waals surface area contributed by atoms with Gasteiger partial charge in [0, 0.05) is 23.7 Å². The second-order valence-electron chi connectivity index (χ2n) is 6.18. The van der Waals surface area contributed by atoms with Gasteiger partial charge in [0.15, 0.2) is 0 Å². The first-order valence-electron chi connectivity index (χ1n) is 7.83. The van der Waals surface area contributed by atoms with E-state index in [-0.39, 0.29) is 17.7 Å². The largest absolute Gasteiger partial charge is 0.366 e. The maximum absolute atomic E-state index is 12.6. The van der Waals surface area contributed by atoms with Crippen LogP contribution in [0.3, 0.4) is 0 Å². The Labute approximate surface area is 136 Å². The third-order valence-electron chi connectivity index (χ3n) is 4.19. The van der Waals surface area contributed by atoms with Crippen LogP contribution in [0.25, 0.3) is 0 Å². The fourth-order valence-corrected chi connectivity index (χ4v) is 2.89. The molecule has 0 radical (unpaired) electrons. The fraction of sp³-hybridized carbons (Fsp3) is 0.471. The van der Waals surface area contributed by atoms with Crippen LogP contribution in [0.15, 0.2) is 18.2 Å². The molecule has 1 aliphatic heterocycles. The highest BCUT2D eigenvalue weighted by molar-refractivity contribution is 6.01. The number of amides is 3. The second kappa shape index (κ2) is 6.81. The molecule has 6 heteroatoms. The minimum atomic E-state index is -0.531. The lowest BCUT2D eigenvalue weighted by atomic mass is 10.1. The summed E-state index contributed by atoms with van der Waals surface area (Å²) < 4.78 is 0. The van der Waals surface area contributed by atoms with E-state index in [0.29, 0.717) is 29.8 Å². The van der Waals surface area contributed by atoms with Crippen molar-refractivity contribution in [3.05, 3.63) is 29.3 Å². The third kappa shape index (κ3) is 3.52. The minimum absolute atomic E-state index is 0.00902. The molecule has 1 aromatic rings. The van der Waals surface area contributed by atoms with Gasteiger partial charge in [0.05, 0.1) is 0 Å². The molecule has 1 atom stereocenters. The van der Waals surface area contributed by atoms with E-state index in [1.165, 1.54) is 0 Å². The van der Waals surface area contributed by atoms with E-state index < -0.39 is 11.9 Å². The Hall–Kier alpha value is -2.37. The highest BCUT2D eigenvalue weighted by Gasteiger charge is 2.35. The number of carbonyl (C=O) groups excluding carboxylic acids is 3. The van der Waals surface area contributed by atoms with Gasteiger partial charge in [0.25, 0.3) is 0 Å². The third-order valence-corrected chi connectivity index (χ3v) is 4.19. The van der Waals surface area contributed by atoms with Crippen molar-refractivity contribution in [2.24, 2.45) is 11.7 Å². The zero-order chi connectivity index (χ0) is 17.1. The summed E-state index contributed by atoms with van der Waals surface area (Å²) in [6.45, 7) is 6.00. The summed E-state index contributed by atoms with van der Waals surface area (Å²) in [5.74, 6) is -0.897. The normalized spacial score (nSPS) is 17.4. The summed E-state index contributed by atoms with van der Waals surface area (Å²) in [6.07, 6.45) is 1.47. The van der Waals surface area contributed by atoms with Gasteiger partial charge in [0.1, 0.15) is 6.04 Å². The Morgan fingerprint density at radius 2 is 2.00 bits per heavy atom. The highest BCUT2D eigenvalue weighted by atomic mass is 16.2. The van der Waals surface area contributed by atoms with Crippen LogP contribution in [0.5, 0.6) is 0 Å². The topological polar surface area (TPSA) is 92.5 Å². The van der Waals surface area contributed by atoms with Gasteiger partial charge in [-0.1, -0.05) is 19.9 Å². The molecule has 23 heavy (non-hydrogen) atoms. The molecule has 124 valence electrons. The molecular weight excluding hydrogens is 294 g/mol. The minimum Gasteiger partial charge on any atom is -0.366 e. The standard InChI is InChI=1S/C17H23N3O3/c1-10(2)17(23)20-9-5-8-14(20)16(22)19-13-7-4-6-12(11(13)3)15(18)21/h4,6-7,10,14H,5,8-9H2,1-3H3,(H2,18,21)(H,19,22). The van der Waals surface area contributed by atoms with Gasteiger partial charge in [-0.05, 0) is 37.5 Å². The molecule has 1 unspecified atom stereocenters. The number of nitrogens with two attached hydrogens (primary N) is 1. The van der Waals surface area contributed by atoms with E-state index in [2.05, 4.69) is 5.32 Å². The summed E-state index contributed by atoms with van der Waals surface area (Å²) in [6, 6.07) is 4.57. The van der Waals surface area contributed by atoms with Crippen LogP contribution in [-0.4, -0.2) is 35.2 Å². The first-order chi connectivity index (χ1) is 10.8. The van der Waals surface area contributed by atoms with Crippen molar-refractivity contribution >= 4 is 23.4 Å². The zero-order valence-electron chi connectivity index (χ0n) is 13.8. The molecule has 1 fully saturated rings. The van der Waals surface area contributed by atoms with Gasteiger partial charge in [0.2, 0.25) is 17.7 Å². The van der Waals surface area contributed by atoms with Crippen molar-refractivity contribution in [2.45, 2.75) is 39.7 Å². The number of carbonyl (C=O) groups is 3. The van der Waals surface area contributed by atoms with Crippen molar-refractivity contribution in [3.63, 3.8) is 0 Å².